The topological polar surface area (TPSA) is 38.9 Å². The van der Waals surface area contributed by atoms with Crippen LogP contribution < -0.4 is 5.73 Å². The molecular formula is C13H11BrN2. The van der Waals surface area contributed by atoms with Crippen LogP contribution in [-0.4, -0.2) is 4.98 Å². The molecule has 0 saturated carbocycles. The van der Waals surface area contributed by atoms with E-state index in [0.29, 0.717) is 6.42 Å². The molecule has 0 saturated heterocycles. The summed E-state index contributed by atoms with van der Waals surface area (Å²) in [6, 6.07) is 9.73. The number of aromatic nitrogens is 1. The number of pyridine rings is 1. The molecule has 1 unspecified atom stereocenters. The van der Waals surface area contributed by atoms with Gasteiger partial charge in [0.1, 0.15) is 0 Å². The van der Waals surface area contributed by atoms with E-state index in [1.165, 1.54) is 0 Å². The summed E-state index contributed by atoms with van der Waals surface area (Å²) in [5, 5.41) is 1.09. The maximum absolute atomic E-state index is 5.96. The summed E-state index contributed by atoms with van der Waals surface area (Å²) in [5.74, 6) is 2.56. The van der Waals surface area contributed by atoms with Crippen LogP contribution in [0.25, 0.3) is 10.9 Å². The number of terminal acetylenes is 1. The first kappa shape index (κ1) is 11.1. The summed E-state index contributed by atoms with van der Waals surface area (Å²) in [6.45, 7) is 0. The minimum atomic E-state index is -0.219. The maximum Gasteiger partial charge on any atom is 0.0730 e. The lowest BCUT2D eigenvalue weighted by Crippen LogP contribution is -2.12. The predicted molar refractivity (Wildman–Crippen MR) is 69.8 cm³/mol. The van der Waals surface area contributed by atoms with Crippen molar-refractivity contribution >= 4 is 26.8 Å². The van der Waals surface area contributed by atoms with Crippen molar-refractivity contribution < 1.29 is 0 Å². The Bertz CT molecular complexity index is 557. The van der Waals surface area contributed by atoms with Crippen molar-refractivity contribution in [2.75, 3.05) is 0 Å². The van der Waals surface area contributed by atoms with Gasteiger partial charge in [-0.05, 0) is 28.1 Å². The smallest absolute Gasteiger partial charge is 0.0730 e. The van der Waals surface area contributed by atoms with Crippen molar-refractivity contribution in [1.82, 2.24) is 4.98 Å². The van der Waals surface area contributed by atoms with Gasteiger partial charge in [0.25, 0.3) is 0 Å². The molecule has 0 spiro atoms. The van der Waals surface area contributed by atoms with E-state index in [4.69, 9.17) is 12.2 Å². The number of nitrogens with zero attached hydrogens (tertiary/aromatic N) is 1. The van der Waals surface area contributed by atoms with E-state index in [1.807, 2.05) is 30.3 Å². The van der Waals surface area contributed by atoms with E-state index in [0.717, 1.165) is 21.1 Å². The zero-order chi connectivity index (χ0) is 11.5. The number of hydrogen-bond acceptors (Lipinski definition) is 2. The molecule has 0 fully saturated rings. The second-order valence-corrected chi connectivity index (χ2v) is 4.42. The first-order valence-electron chi connectivity index (χ1n) is 4.96. The number of benzene rings is 1. The molecular weight excluding hydrogens is 264 g/mol. The van der Waals surface area contributed by atoms with Crippen LogP contribution in [0.4, 0.5) is 0 Å². The molecule has 0 aliphatic rings. The van der Waals surface area contributed by atoms with Crippen LogP contribution in [0, 0.1) is 12.3 Å². The molecule has 2 nitrogen and oxygen atoms in total. The minimum absolute atomic E-state index is 0.219. The van der Waals surface area contributed by atoms with Crippen molar-refractivity contribution in [3.05, 3.63) is 40.5 Å². The predicted octanol–water partition coefficient (Wildman–Crippen LogP) is 3.02. The number of rotatable bonds is 2. The Morgan fingerprint density at radius 3 is 2.94 bits per heavy atom. The van der Waals surface area contributed by atoms with Crippen LogP contribution >= 0.6 is 15.9 Å². The fourth-order valence-corrected chi connectivity index (χ4v) is 2.22. The quantitative estimate of drug-likeness (QED) is 0.856. The maximum atomic E-state index is 5.96. The Labute approximate surface area is 103 Å². The lowest BCUT2D eigenvalue weighted by molar-refractivity contribution is 0.725. The van der Waals surface area contributed by atoms with E-state index in [9.17, 15) is 0 Å². The fourth-order valence-electron chi connectivity index (χ4n) is 1.59. The zero-order valence-corrected chi connectivity index (χ0v) is 10.2. The fraction of sp³-hybridized carbons (Fsp3) is 0.154. The van der Waals surface area contributed by atoms with Crippen LogP contribution in [0.5, 0.6) is 0 Å². The molecule has 80 valence electrons. The van der Waals surface area contributed by atoms with Gasteiger partial charge in [-0.15, -0.1) is 12.3 Å². The van der Waals surface area contributed by atoms with E-state index < -0.39 is 0 Å². The van der Waals surface area contributed by atoms with Crippen molar-refractivity contribution in [3.63, 3.8) is 0 Å². The van der Waals surface area contributed by atoms with Gasteiger partial charge >= 0.3 is 0 Å². The van der Waals surface area contributed by atoms with Crippen molar-refractivity contribution in [2.24, 2.45) is 5.73 Å². The minimum Gasteiger partial charge on any atom is -0.322 e. The molecule has 3 heteroatoms. The summed E-state index contributed by atoms with van der Waals surface area (Å²) in [6.07, 6.45) is 5.75. The van der Waals surface area contributed by atoms with Gasteiger partial charge in [-0.25, -0.2) is 4.98 Å². The van der Waals surface area contributed by atoms with Crippen molar-refractivity contribution in [2.45, 2.75) is 12.5 Å². The van der Waals surface area contributed by atoms with E-state index in [1.54, 1.807) is 0 Å². The average molecular weight is 275 g/mol. The van der Waals surface area contributed by atoms with Crippen LogP contribution in [0.1, 0.15) is 18.2 Å². The van der Waals surface area contributed by atoms with Crippen LogP contribution in [0.3, 0.4) is 0 Å². The second-order valence-electron chi connectivity index (χ2n) is 3.56. The molecule has 0 bridgehead atoms. The molecule has 0 aliphatic heterocycles. The first-order chi connectivity index (χ1) is 7.72. The Morgan fingerprint density at radius 1 is 1.44 bits per heavy atom. The summed E-state index contributed by atoms with van der Waals surface area (Å²) >= 11 is 3.48. The second kappa shape index (κ2) is 4.65. The molecule has 1 heterocycles. The summed E-state index contributed by atoms with van der Waals surface area (Å²) in [4.78, 5) is 4.53. The van der Waals surface area contributed by atoms with Crippen molar-refractivity contribution in [3.8, 4) is 12.3 Å². The monoisotopic (exact) mass is 274 g/mol. The molecule has 2 N–H and O–H groups in total. The van der Waals surface area contributed by atoms with E-state index >= 15 is 0 Å². The van der Waals surface area contributed by atoms with Crippen LogP contribution in [0.2, 0.25) is 0 Å². The van der Waals surface area contributed by atoms with Gasteiger partial charge in [0, 0.05) is 16.3 Å². The zero-order valence-electron chi connectivity index (χ0n) is 8.65. The number of nitrogens with two attached hydrogens (primary N) is 1. The molecule has 2 rings (SSSR count). The highest BCUT2D eigenvalue weighted by atomic mass is 79.9. The normalized spacial score (nSPS) is 12.3. The van der Waals surface area contributed by atoms with Gasteiger partial charge in [0.15, 0.2) is 0 Å². The average Bonchev–Trinajstić information content (AvgIpc) is 2.28. The van der Waals surface area contributed by atoms with Crippen LogP contribution in [0.15, 0.2) is 34.8 Å². The standard InChI is InChI=1S/C13H11BrN2/c1-2-5-11(15)13-10(14)8-9-6-3-4-7-12(9)16-13/h1,3-4,6-8,11H,5,15H2. The SMILES string of the molecule is C#CCC(N)c1nc2ccccc2cc1Br. The van der Waals surface area contributed by atoms with E-state index in [-0.39, 0.29) is 6.04 Å². The summed E-state index contributed by atoms with van der Waals surface area (Å²) < 4.78 is 0.911. The highest BCUT2D eigenvalue weighted by Gasteiger charge is 2.11. The lowest BCUT2D eigenvalue weighted by atomic mass is 10.1. The molecule has 16 heavy (non-hydrogen) atoms. The molecule has 1 aromatic heterocycles. The van der Waals surface area contributed by atoms with Crippen molar-refractivity contribution in [1.29, 1.82) is 0 Å². The summed E-state index contributed by atoms with van der Waals surface area (Å²) in [7, 11) is 0. The van der Waals surface area contributed by atoms with Gasteiger partial charge in [0.05, 0.1) is 17.3 Å². The Morgan fingerprint density at radius 2 is 2.19 bits per heavy atom. The van der Waals surface area contributed by atoms with Gasteiger partial charge in [-0.1, -0.05) is 18.2 Å². The highest BCUT2D eigenvalue weighted by Crippen LogP contribution is 2.26. The largest absolute Gasteiger partial charge is 0.322 e. The molecule has 0 aliphatic carbocycles. The van der Waals surface area contributed by atoms with Gasteiger partial charge < -0.3 is 5.73 Å². The third kappa shape index (κ3) is 2.08. The molecule has 0 radical (unpaired) electrons. The molecule has 2 aromatic rings. The Kier molecular flexibility index (Phi) is 3.23. The van der Waals surface area contributed by atoms with E-state index in [2.05, 4.69) is 26.8 Å². The number of para-hydroxylation sites is 1. The number of halogens is 1. The number of fused-ring (bicyclic) bond motifs is 1. The summed E-state index contributed by atoms with van der Waals surface area (Å²) in [5.41, 5.74) is 7.72. The molecule has 1 aromatic carbocycles. The molecule has 1 atom stereocenters. The molecule has 0 amide bonds. The first-order valence-corrected chi connectivity index (χ1v) is 5.76. The highest BCUT2D eigenvalue weighted by molar-refractivity contribution is 9.10. The Balaban J connectivity index is 2.54. The lowest BCUT2D eigenvalue weighted by Gasteiger charge is -2.11. The van der Waals surface area contributed by atoms with Gasteiger partial charge in [-0.3, -0.25) is 0 Å². The van der Waals surface area contributed by atoms with Crippen LogP contribution in [-0.2, 0) is 0 Å². The third-order valence-electron chi connectivity index (χ3n) is 2.39. The van der Waals surface area contributed by atoms with Gasteiger partial charge in [0.2, 0.25) is 0 Å². The third-order valence-corrected chi connectivity index (χ3v) is 3.03. The van der Waals surface area contributed by atoms with Gasteiger partial charge in [-0.2, -0.15) is 0 Å². The number of hydrogen-bond donors (Lipinski definition) is 1. The Hall–Kier alpha value is -1.37.